The molecule has 0 radical (unpaired) electrons. The van der Waals surface area contributed by atoms with Gasteiger partial charge in [0.2, 0.25) is 10.0 Å². The van der Waals surface area contributed by atoms with E-state index < -0.39 is 56.6 Å². The predicted molar refractivity (Wildman–Crippen MR) is 139 cm³/mol. The number of ether oxygens (including phenoxy) is 1. The first kappa shape index (κ1) is 29.1. The van der Waals surface area contributed by atoms with Crippen molar-refractivity contribution in [2.75, 3.05) is 6.61 Å². The number of hydrogen-bond acceptors (Lipinski definition) is 6. The molecule has 0 bridgehead atoms. The van der Waals surface area contributed by atoms with E-state index in [0.717, 1.165) is 18.9 Å². The van der Waals surface area contributed by atoms with E-state index in [4.69, 9.17) is 4.74 Å². The number of nitrogens with one attached hydrogen (secondary N) is 2. The average molecular weight is 599 g/mol. The minimum Gasteiger partial charge on any atom is -0.493 e. The quantitative estimate of drug-likeness (QED) is 0.230. The van der Waals surface area contributed by atoms with E-state index >= 15 is 4.39 Å². The van der Waals surface area contributed by atoms with Crippen molar-refractivity contribution in [2.24, 2.45) is 5.92 Å². The number of halogens is 4. The molecular weight excluding hydrogens is 568 g/mol. The number of sulfonamides is 1. The van der Waals surface area contributed by atoms with Crippen LogP contribution in [-0.2, 0) is 31.7 Å². The van der Waals surface area contributed by atoms with Gasteiger partial charge >= 0.3 is 6.18 Å². The third kappa shape index (κ3) is 6.91. The summed E-state index contributed by atoms with van der Waals surface area (Å²) in [7, 11) is -3.95. The molecule has 41 heavy (non-hydrogen) atoms. The Bertz CT molecular complexity index is 1500. The fraction of sp³-hybridized carbons (Fsp3) is 0.519. The number of nitrogens with zero attached hydrogens (tertiary/aromatic N) is 2. The van der Waals surface area contributed by atoms with Crippen molar-refractivity contribution in [3.05, 3.63) is 53.1 Å². The van der Waals surface area contributed by atoms with Crippen LogP contribution in [0.4, 0.5) is 17.6 Å². The molecule has 222 valence electrons. The zero-order chi connectivity index (χ0) is 29.6. The molecule has 1 atom stereocenters. The lowest BCUT2D eigenvalue weighted by Crippen LogP contribution is -2.51. The van der Waals surface area contributed by atoms with Crippen LogP contribution < -0.4 is 14.8 Å². The summed E-state index contributed by atoms with van der Waals surface area (Å²) in [6.07, 6.45) is -1.01. The molecule has 0 saturated heterocycles. The second kappa shape index (κ2) is 10.8. The van der Waals surface area contributed by atoms with Gasteiger partial charge in [-0.3, -0.25) is 14.3 Å². The first-order valence-electron chi connectivity index (χ1n) is 13.4. The second-order valence-electron chi connectivity index (χ2n) is 11.1. The topological polar surface area (TPSA) is 119 Å². The number of alkyl halides is 3. The van der Waals surface area contributed by atoms with Gasteiger partial charge in [0.1, 0.15) is 17.1 Å². The molecule has 2 N–H and O–H groups in total. The first-order chi connectivity index (χ1) is 19.2. The zero-order valence-corrected chi connectivity index (χ0v) is 23.1. The van der Waals surface area contributed by atoms with Crippen LogP contribution >= 0.6 is 0 Å². The number of aromatic nitrogens is 2. The van der Waals surface area contributed by atoms with Crippen LogP contribution in [0.2, 0.25) is 0 Å². The maximum Gasteiger partial charge on any atom is 0.389 e. The van der Waals surface area contributed by atoms with E-state index in [9.17, 15) is 31.2 Å². The summed E-state index contributed by atoms with van der Waals surface area (Å²) in [4.78, 5) is 26.6. The monoisotopic (exact) mass is 598 g/mol. The molecule has 3 aliphatic rings. The molecular formula is C27H30F4N4O5S. The fourth-order valence-electron chi connectivity index (χ4n) is 4.88. The van der Waals surface area contributed by atoms with Gasteiger partial charge in [-0.15, -0.1) is 0 Å². The highest BCUT2D eigenvalue weighted by Gasteiger charge is 2.44. The molecule has 2 amide bonds. The van der Waals surface area contributed by atoms with Gasteiger partial charge in [0, 0.05) is 42.8 Å². The molecule has 2 aromatic rings. The van der Waals surface area contributed by atoms with E-state index in [1.165, 1.54) is 12.1 Å². The SMILES string of the molecule is C[C@@]1(c2ccc(OCCCC(F)(F)F)cc2F)CC(c2ccn(CC3CC3)n2)=C(C(=O)NS(=O)(=O)C2CC2)C(=O)N1. The summed E-state index contributed by atoms with van der Waals surface area (Å²) in [6.45, 7) is 1.96. The van der Waals surface area contributed by atoms with Gasteiger partial charge in [-0.05, 0) is 57.1 Å². The number of carbonyl (C=O) groups is 2. The Kier molecular flexibility index (Phi) is 7.64. The van der Waals surface area contributed by atoms with E-state index in [-0.39, 0.29) is 36.3 Å². The van der Waals surface area contributed by atoms with Gasteiger partial charge < -0.3 is 10.1 Å². The molecule has 0 unspecified atom stereocenters. The fourth-order valence-corrected chi connectivity index (χ4v) is 6.17. The summed E-state index contributed by atoms with van der Waals surface area (Å²) in [5.41, 5.74) is -1.26. The highest BCUT2D eigenvalue weighted by molar-refractivity contribution is 7.91. The lowest BCUT2D eigenvalue weighted by Gasteiger charge is -2.37. The highest BCUT2D eigenvalue weighted by Crippen LogP contribution is 2.40. The lowest BCUT2D eigenvalue weighted by atomic mass is 9.79. The lowest BCUT2D eigenvalue weighted by molar-refractivity contribution is -0.136. The minimum absolute atomic E-state index is 0.0269. The van der Waals surface area contributed by atoms with E-state index in [1.807, 2.05) is 4.72 Å². The Morgan fingerprint density at radius 2 is 1.95 bits per heavy atom. The number of benzene rings is 1. The predicted octanol–water partition coefficient (Wildman–Crippen LogP) is 3.95. The molecule has 0 spiro atoms. The Morgan fingerprint density at radius 3 is 2.59 bits per heavy atom. The summed E-state index contributed by atoms with van der Waals surface area (Å²) in [5, 5.41) is 6.50. The van der Waals surface area contributed by atoms with Gasteiger partial charge in [0.15, 0.2) is 0 Å². The van der Waals surface area contributed by atoms with E-state index in [1.54, 1.807) is 23.9 Å². The standard InChI is InChI=1S/C27H30F4N4O5S/c1-26(20-8-5-17(13-21(20)28)40-12-2-10-27(29,30)31)14-19(22-9-11-35(33-22)15-16-3-4-16)23(24(36)32-26)25(37)34-41(38,39)18-6-7-18/h5,8-9,11,13,16,18H,2-4,6-7,10,12,14-15H2,1H3,(H,32,36)(H,34,37)/t26-/m0/s1. The smallest absolute Gasteiger partial charge is 0.389 e. The number of rotatable bonds is 11. The van der Waals surface area contributed by atoms with Gasteiger partial charge in [-0.25, -0.2) is 17.5 Å². The number of carbonyl (C=O) groups excluding carboxylic acids is 2. The van der Waals surface area contributed by atoms with Crippen LogP contribution in [-0.4, -0.2) is 48.0 Å². The van der Waals surface area contributed by atoms with E-state index in [0.29, 0.717) is 31.0 Å². The van der Waals surface area contributed by atoms with Crippen LogP contribution in [0.15, 0.2) is 36.0 Å². The van der Waals surface area contributed by atoms with Crippen LogP contribution in [0, 0.1) is 11.7 Å². The molecule has 2 heterocycles. The molecule has 2 saturated carbocycles. The van der Waals surface area contributed by atoms with Crippen molar-refractivity contribution in [3.63, 3.8) is 0 Å². The molecule has 5 rings (SSSR count). The van der Waals surface area contributed by atoms with Gasteiger partial charge in [0.05, 0.1) is 23.1 Å². The first-order valence-corrected chi connectivity index (χ1v) is 14.9. The maximum absolute atomic E-state index is 15.4. The maximum atomic E-state index is 15.4. The van der Waals surface area contributed by atoms with Crippen molar-refractivity contribution in [2.45, 2.75) is 75.4 Å². The van der Waals surface area contributed by atoms with Crippen molar-refractivity contribution in [1.29, 1.82) is 0 Å². The minimum atomic E-state index is -4.32. The van der Waals surface area contributed by atoms with Gasteiger partial charge in [0.25, 0.3) is 11.8 Å². The molecule has 1 aromatic heterocycles. The Morgan fingerprint density at radius 1 is 1.22 bits per heavy atom. The Hall–Kier alpha value is -3.42. The molecule has 2 fully saturated rings. The summed E-state index contributed by atoms with van der Waals surface area (Å²) >= 11 is 0. The summed E-state index contributed by atoms with van der Waals surface area (Å²) in [5.74, 6) is -2.22. The van der Waals surface area contributed by atoms with Gasteiger partial charge in [-0.2, -0.15) is 18.3 Å². The molecule has 1 aliphatic heterocycles. The number of amides is 2. The Balaban J connectivity index is 1.42. The zero-order valence-electron chi connectivity index (χ0n) is 22.3. The number of hydrogen-bond donors (Lipinski definition) is 2. The van der Waals surface area contributed by atoms with Crippen LogP contribution in [0.5, 0.6) is 5.75 Å². The van der Waals surface area contributed by atoms with Crippen LogP contribution in [0.1, 0.15) is 63.1 Å². The Labute approximate surface area is 234 Å². The van der Waals surface area contributed by atoms with Crippen molar-refractivity contribution in [1.82, 2.24) is 19.8 Å². The summed E-state index contributed by atoms with van der Waals surface area (Å²) < 4.78 is 86.4. The van der Waals surface area contributed by atoms with Crippen molar-refractivity contribution >= 4 is 27.4 Å². The second-order valence-corrected chi connectivity index (χ2v) is 13.0. The third-order valence-electron chi connectivity index (χ3n) is 7.37. The molecule has 1 aromatic carbocycles. The molecule has 2 aliphatic carbocycles. The van der Waals surface area contributed by atoms with Crippen LogP contribution in [0.25, 0.3) is 5.57 Å². The normalized spacial score (nSPS) is 21.5. The molecule has 14 heteroatoms. The largest absolute Gasteiger partial charge is 0.493 e. The summed E-state index contributed by atoms with van der Waals surface area (Å²) in [6, 6.07) is 5.41. The van der Waals surface area contributed by atoms with E-state index in [2.05, 4.69) is 10.4 Å². The molecule has 9 nitrogen and oxygen atoms in total. The van der Waals surface area contributed by atoms with Gasteiger partial charge in [-0.1, -0.05) is 6.07 Å². The highest BCUT2D eigenvalue weighted by atomic mass is 32.2. The van der Waals surface area contributed by atoms with Crippen LogP contribution in [0.3, 0.4) is 0 Å². The average Bonchev–Trinajstić information content (AvgIpc) is 3.79. The van der Waals surface area contributed by atoms with Crippen molar-refractivity contribution in [3.8, 4) is 5.75 Å². The third-order valence-corrected chi connectivity index (χ3v) is 9.19. The van der Waals surface area contributed by atoms with Crippen molar-refractivity contribution < 1.29 is 40.3 Å².